The first-order chi connectivity index (χ1) is 8.11. The van der Waals surface area contributed by atoms with Gasteiger partial charge in [0.2, 0.25) is 0 Å². The zero-order chi connectivity index (χ0) is 12.7. The molecule has 1 heterocycles. The van der Waals surface area contributed by atoms with E-state index in [2.05, 4.69) is 48.2 Å². The van der Waals surface area contributed by atoms with Crippen LogP contribution in [0.25, 0.3) is 0 Å². The quantitative estimate of drug-likeness (QED) is 0.690. The number of aliphatic imine (C=N–C) groups is 1. The predicted octanol–water partition coefficient (Wildman–Crippen LogP) is 1.43. The molecular weight excluding hydrogens is 212 g/mol. The van der Waals surface area contributed by atoms with Gasteiger partial charge < -0.3 is 10.6 Å². The molecule has 4 heteroatoms. The zero-order valence-electron chi connectivity index (χ0n) is 11.8. The van der Waals surface area contributed by atoms with Crippen LogP contribution in [0.3, 0.4) is 0 Å². The van der Waals surface area contributed by atoms with Gasteiger partial charge in [0.05, 0.1) is 0 Å². The predicted molar refractivity (Wildman–Crippen MR) is 74.5 cm³/mol. The summed E-state index contributed by atoms with van der Waals surface area (Å²) in [6.07, 6.45) is 2.32. The van der Waals surface area contributed by atoms with Crippen LogP contribution >= 0.6 is 0 Å². The highest BCUT2D eigenvalue weighted by molar-refractivity contribution is 5.80. The molecule has 0 aliphatic carbocycles. The Morgan fingerprint density at radius 3 is 2.53 bits per heavy atom. The van der Waals surface area contributed by atoms with Crippen molar-refractivity contribution in [3.05, 3.63) is 0 Å². The van der Waals surface area contributed by atoms with E-state index in [1.165, 1.54) is 0 Å². The molecule has 17 heavy (non-hydrogen) atoms. The lowest BCUT2D eigenvalue weighted by atomic mass is 10.2. The molecule has 0 saturated carbocycles. The molecule has 1 aliphatic heterocycles. The van der Waals surface area contributed by atoms with E-state index in [0.29, 0.717) is 12.1 Å². The van der Waals surface area contributed by atoms with Crippen LogP contribution in [0.2, 0.25) is 0 Å². The summed E-state index contributed by atoms with van der Waals surface area (Å²) >= 11 is 0. The minimum absolute atomic E-state index is 0.625. The largest absolute Gasteiger partial charge is 0.356 e. The third kappa shape index (κ3) is 5.39. The van der Waals surface area contributed by atoms with Gasteiger partial charge in [-0.05, 0) is 40.5 Å². The molecule has 1 aliphatic rings. The Kier molecular flexibility index (Phi) is 6.34. The summed E-state index contributed by atoms with van der Waals surface area (Å²) in [7, 11) is 0. The van der Waals surface area contributed by atoms with Gasteiger partial charge in [0.25, 0.3) is 0 Å². The van der Waals surface area contributed by atoms with Crippen molar-refractivity contribution in [2.24, 2.45) is 4.99 Å². The van der Waals surface area contributed by atoms with Crippen LogP contribution < -0.4 is 10.6 Å². The van der Waals surface area contributed by atoms with Crippen LogP contribution in [-0.2, 0) is 0 Å². The van der Waals surface area contributed by atoms with E-state index in [1.54, 1.807) is 0 Å². The fraction of sp³-hybridized carbons (Fsp3) is 0.923. The van der Waals surface area contributed by atoms with Crippen molar-refractivity contribution in [3.8, 4) is 0 Å². The van der Waals surface area contributed by atoms with Crippen molar-refractivity contribution in [1.82, 2.24) is 15.5 Å². The number of nitrogens with one attached hydrogen (secondary N) is 2. The summed E-state index contributed by atoms with van der Waals surface area (Å²) in [6, 6.07) is 1.25. The van der Waals surface area contributed by atoms with E-state index >= 15 is 0 Å². The van der Waals surface area contributed by atoms with Gasteiger partial charge in [-0.15, -0.1) is 0 Å². The summed E-state index contributed by atoms with van der Waals surface area (Å²) in [5.74, 6) is 0.983. The van der Waals surface area contributed by atoms with Crippen LogP contribution in [0.1, 0.15) is 40.5 Å². The maximum absolute atomic E-state index is 4.40. The number of hydrogen-bond donors (Lipinski definition) is 2. The van der Waals surface area contributed by atoms with Gasteiger partial charge in [-0.25, -0.2) is 0 Å². The molecule has 100 valence electrons. The van der Waals surface area contributed by atoms with Crippen molar-refractivity contribution < 1.29 is 0 Å². The molecule has 0 unspecified atom stereocenters. The average molecular weight is 240 g/mol. The van der Waals surface area contributed by atoms with Gasteiger partial charge in [-0.2, -0.15) is 0 Å². The maximum Gasteiger partial charge on any atom is 0.191 e. The lowest BCUT2D eigenvalue weighted by molar-refractivity contribution is 0.173. The molecule has 0 aromatic carbocycles. The first-order valence-electron chi connectivity index (χ1n) is 6.89. The molecule has 0 fully saturated rings. The molecular formula is C13H28N4. The third-order valence-electron chi connectivity index (χ3n) is 3.11. The first-order valence-corrected chi connectivity index (χ1v) is 6.89. The van der Waals surface area contributed by atoms with E-state index in [4.69, 9.17) is 0 Å². The summed E-state index contributed by atoms with van der Waals surface area (Å²) in [6.45, 7) is 13.2. The van der Waals surface area contributed by atoms with Crippen LogP contribution in [0.4, 0.5) is 0 Å². The minimum atomic E-state index is 0.625. The van der Waals surface area contributed by atoms with Crippen molar-refractivity contribution in [2.45, 2.75) is 52.6 Å². The number of nitrogens with zero attached hydrogens (tertiary/aromatic N) is 2. The van der Waals surface area contributed by atoms with Crippen LogP contribution in [0.5, 0.6) is 0 Å². The van der Waals surface area contributed by atoms with Gasteiger partial charge in [0, 0.05) is 38.3 Å². The Hall–Kier alpha value is -0.770. The molecule has 0 radical (unpaired) electrons. The first kappa shape index (κ1) is 14.3. The van der Waals surface area contributed by atoms with E-state index in [9.17, 15) is 0 Å². The van der Waals surface area contributed by atoms with Gasteiger partial charge in [0.15, 0.2) is 5.96 Å². The highest BCUT2D eigenvalue weighted by Crippen LogP contribution is 2.05. The second-order valence-corrected chi connectivity index (χ2v) is 5.22. The Morgan fingerprint density at radius 1 is 1.29 bits per heavy atom. The molecule has 4 nitrogen and oxygen atoms in total. The molecule has 0 aromatic rings. The number of guanidine groups is 1. The molecule has 0 atom stereocenters. The second-order valence-electron chi connectivity index (χ2n) is 5.22. The fourth-order valence-electron chi connectivity index (χ4n) is 2.23. The molecule has 1 rings (SSSR count). The smallest absolute Gasteiger partial charge is 0.191 e. The Morgan fingerprint density at radius 2 is 2.00 bits per heavy atom. The molecule has 0 aromatic heterocycles. The van der Waals surface area contributed by atoms with Crippen molar-refractivity contribution in [2.75, 3.05) is 26.2 Å². The summed E-state index contributed by atoms with van der Waals surface area (Å²) in [4.78, 5) is 6.92. The molecule has 0 amide bonds. The normalized spacial score (nSPS) is 16.3. The van der Waals surface area contributed by atoms with E-state index in [-0.39, 0.29) is 0 Å². The standard InChI is InChI=1S/C13H28N4/c1-11(2)17(12(3)4)10-6-9-16-13-14-7-5-8-15-13/h11-12H,5-10H2,1-4H3,(H2,14,15,16). The summed E-state index contributed by atoms with van der Waals surface area (Å²) < 4.78 is 0. The lowest BCUT2D eigenvalue weighted by Gasteiger charge is -2.30. The fourth-order valence-corrected chi connectivity index (χ4v) is 2.23. The van der Waals surface area contributed by atoms with Crippen molar-refractivity contribution in [1.29, 1.82) is 0 Å². The van der Waals surface area contributed by atoms with Gasteiger partial charge in [0.1, 0.15) is 0 Å². The van der Waals surface area contributed by atoms with E-state index < -0.39 is 0 Å². The lowest BCUT2D eigenvalue weighted by Crippen LogP contribution is -2.43. The van der Waals surface area contributed by atoms with E-state index in [1.807, 2.05) is 0 Å². The van der Waals surface area contributed by atoms with Crippen molar-refractivity contribution >= 4 is 5.96 Å². The van der Waals surface area contributed by atoms with Crippen molar-refractivity contribution in [3.63, 3.8) is 0 Å². The Labute approximate surface area is 106 Å². The molecule has 0 saturated heterocycles. The number of rotatable bonds is 6. The van der Waals surface area contributed by atoms with Gasteiger partial charge in [-0.1, -0.05) is 0 Å². The van der Waals surface area contributed by atoms with Crippen LogP contribution in [0, 0.1) is 0 Å². The van der Waals surface area contributed by atoms with Gasteiger partial charge >= 0.3 is 0 Å². The highest BCUT2D eigenvalue weighted by Gasteiger charge is 2.12. The highest BCUT2D eigenvalue weighted by atomic mass is 15.2. The van der Waals surface area contributed by atoms with Crippen LogP contribution in [0.15, 0.2) is 4.99 Å². The number of hydrogen-bond acceptors (Lipinski definition) is 4. The SMILES string of the molecule is CC(C)N(CCCNC1=NCCCN1)C(C)C. The zero-order valence-corrected chi connectivity index (χ0v) is 11.8. The summed E-state index contributed by atoms with van der Waals surface area (Å²) in [5, 5.41) is 6.65. The maximum atomic E-state index is 4.40. The topological polar surface area (TPSA) is 39.7 Å². The second kappa shape index (κ2) is 7.54. The molecule has 2 N–H and O–H groups in total. The van der Waals surface area contributed by atoms with Crippen LogP contribution in [-0.4, -0.2) is 49.1 Å². The monoisotopic (exact) mass is 240 g/mol. The molecule has 0 bridgehead atoms. The Bertz CT molecular complexity index is 228. The minimum Gasteiger partial charge on any atom is -0.356 e. The molecule has 0 spiro atoms. The average Bonchev–Trinajstić information content (AvgIpc) is 2.29. The van der Waals surface area contributed by atoms with E-state index in [0.717, 1.165) is 45.0 Å². The third-order valence-corrected chi connectivity index (χ3v) is 3.11. The Balaban J connectivity index is 2.15. The van der Waals surface area contributed by atoms with Gasteiger partial charge in [-0.3, -0.25) is 9.89 Å². The summed E-state index contributed by atoms with van der Waals surface area (Å²) in [5.41, 5.74) is 0.